The number of hydrogen-bond donors (Lipinski definition) is 0. The van der Waals surface area contributed by atoms with Gasteiger partial charge in [-0.25, -0.2) is 17.1 Å². The highest BCUT2D eigenvalue weighted by atomic mass is 32.2. The molecule has 0 fully saturated rings. The summed E-state index contributed by atoms with van der Waals surface area (Å²) < 4.78 is 44.6. The van der Waals surface area contributed by atoms with E-state index in [1.165, 1.54) is 44.4 Å². The Morgan fingerprint density at radius 2 is 1.89 bits per heavy atom. The molecule has 1 amide bonds. The van der Waals surface area contributed by atoms with Gasteiger partial charge in [-0.3, -0.25) is 4.79 Å². The van der Waals surface area contributed by atoms with E-state index in [-0.39, 0.29) is 16.6 Å². The van der Waals surface area contributed by atoms with Crippen LogP contribution >= 0.6 is 0 Å². The van der Waals surface area contributed by atoms with Crippen LogP contribution < -0.4 is 9.64 Å². The Labute approximate surface area is 164 Å². The Morgan fingerprint density at radius 1 is 1.21 bits per heavy atom. The molecule has 1 heterocycles. The predicted octanol–water partition coefficient (Wildman–Crippen LogP) is 2.82. The van der Waals surface area contributed by atoms with Gasteiger partial charge in [0.25, 0.3) is 5.91 Å². The number of carbonyl (C=O) groups is 1. The lowest BCUT2D eigenvalue weighted by atomic mass is 10.1. The first-order chi connectivity index (χ1) is 13.2. The molecule has 1 aliphatic rings. The average molecular weight is 406 g/mol. The Hall–Kier alpha value is -2.45. The number of benzene rings is 2. The third-order valence-electron chi connectivity index (χ3n) is 4.73. The van der Waals surface area contributed by atoms with Crippen LogP contribution in [0.5, 0.6) is 5.75 Å². The number of ether oxygens (including phenoxy) is 1. The van der Waals surface area contributed by atoms with Crippen molar-refractivity contribution in [3.63, 3.8) is 0 Å². The number of anilines is 1. The number of halogens is 1. The summed E-state index contributed by atoms with van der Waals surface area (Å²) in [6.07, 6.45) is 0.321. The van der Waals surface area contributed by atoms with Crippen LogP contribution in [0.2, 0.25) is 0 Å². The van der Waals surface area contributed by atoms with Crippen molar-refractivity contribution >= 4 is 21.6 Å². The number of hydrogen-bond acceptors (Lipinski definition) is 4. The van der Waals surface area contributed by atoms with Crippen LogP contribution in [0.25, 0.3) is 0 Å². The van der Waals surface area contributed by atoms with E-state index in [0.29, 0.717) is 30.8 Å². The molecule has 2 aromatic rings. The van der Waals surface area contributed by atoms with E-state index in [2.05, 4.69) is 0 Å². The number of rotatable bonds is 6. The molecule has 2 aromatic carbocycles. The molecule has 1 unspecified atom stereocenters. The number of fused-ring (bicyclic) bond motifs is 1. The molecule has 1 atom stereocenters. The van der Waals surface area contributed by atoms with Crippen LogP contribution in [-0.2, 0) is 21.2 Å². The van der Waals surface area contributed by atoms with Gasteiger partial charge >= 0.3 is 0 Å². The molecule has 0 N–H and O–H groups in total. The van der Waals surface area contributed by atoms with E-state index in [1.807, 2.05) is 6.92 Å². The first kappa shape index (κ1) is 20.3. The number of carbonyl (C=O) groups excluding carboxylic acids is 1. The SMILES string of the molecule is CCC(Oc1ccc(F)cc1)C(=O)N1CCc2cc(S(=O)(=O)N(C)C)ccc21. The topological polar surface area (TPSA) is 66.9 Å². The van der Waals surface area contributed by atoms with Crippen LogP contribution in [0.3, 0.4) is 0 Å². The Bertz CT molecular complexity index is 974. The zero-order valence-corrected chi connectivity index (χ0v) is 16.9. The fourth-order valence-electron chi connectivity index (χ4n) is 3.14. The largest absolute Gasteiger partial charge is 0.481 e. The highest BCUT2D eigenvalue weighted by Crippen LogP contribution is 2.32. The third-order valence-corrected chi connectivity index (χ3v) is 6.54. The molecule has 0 aromatic heterocycles. The van der Waals surface area contributed by atoms with Crippen molar-refractivity contribution in [2.24, 2.45) is 0 Å². The molecular weight excluding hydrogens is 383 g/mol. The van der Waals surface area contributed by atoms with Crippen molar-refractivity contribution in [2.45, 2.75) is 30.8 Å². The van der Waals surface area contributed by atoms with Crippen molar-refractivity contribution < 1.29 is 22.3 Å². The second-order valence-electron chi connectivity index (χ2n) is 6.79. The van der Waals surface area contributed by atoms with Crippen LogP contribution in [0.4, 0.5) is 10.1 Å². The molecule has 6 nitrogen and oxygen atoms in total. The molecule has 3 rings (SSSR count). The van der Waals surface area contributed by atoms with Gasteiger partial charge in [0, 0.05) is 26.3 Å². The summed E-state index contributed by atoms with van der Waals surface area (Å²) in [6, 6.07) is 10.3. The van der Waals surface area contributed by atoms with Crippen LogP contribution in [-0.4, -0.2) is 45.4 Å². The highest BCUT2D eigenvalue weighted by molar-refractivity contribution is 7.89. The van der Waals surface area contributed by atoms with Crippen molar-refractivity contribution in [3.8, 4) is 5.75 Å². The summed E-state index contributed by atoms with van der Waals surface area (Å²) >= 11 is 0. The van der Waals surface area contributed by atoms with Gasteiger partial charge in [0.05, 0.1) is 4.90 Å². The molecule has 0 aliphatic carbocycles. The molecule has 0 radical (unpaired) electrons. The lowest BCUT2D eigenvalue weighted by Crippen LogP contribution is -2.41. The monoisotopic (exact) mass is 406 g/mol. The molecule has 28 heavy (non-hydrogen) atoms. The predicted molar refractivity (Wildman–Crippen MR) is 104 cm³/mol. The molecule has 1 aliphatic heterocycles. The minimum absolute atomic E-state index is 0.200. The maximum atomic E-state index is 13.1. The molecule has 0 saturated heterocycles. The summed E-state index contributed by atoms with van der Waals surface area (Å²) in [5.41, 5.74) is 1.51. The number of sulfonamides is 1. The summed E-state index contributed by atoms with van der Waals surface area (Å²) in [5, 5.41) is 0. The molecule has 150 valence electrons. The number of nitrogens with zero attached hydrogens (tertiary/aromatic N) is 2. The highest BCUT2D eigenvalue weighted by Gasteiger charge is 2.32. The standard InChI is InChI=1S/C20H23FN2O4S/c1-4-19(27-16-7-5-15(21)6-8-16)20(24)23-12-11-14-13-17(9-10-18(14)23)28(25,26)22(2)3/h5-10,13,19H,4,11-12H2,1-3H3. The second-order valence-corrected chi connectivity index (χ2v) is 8.94. The molecular formula is C20H23FN2O4S. The summed E-state index contributed by atoms with van der Waals surface area (Å²) in [4.78, 5) is 14.8. The van der Waals surface area contributed by atoms with E-state index < -0.39 is 16.1 Å². The first-order valence-corrected chi connectivity index (χ1v) is 10.5. The Balaban J connectivity index is 1.82. The fourth-order valence-corrected chi connectivity index (χ4v) is 4.09. The van der Waals surface area contributed by atoms with Gasteiger partial charge in [-0.2, -0.15) is 0 Å². The lowest BCUT2D eigenvalue weighted by molar-refractivity contribution is -0.125. The van der Waals surface area contributed by atoms with Crippen LogP contribution in [0.15, 0.2) is 47.4 Å². The van der Waals surface area contributed by atoms with Gasteiger partial charge in [-0.1, -0.05) is 6.92 Å². The third kappa shape index (κ3) is 3.88. The maximum Gasteiger partial charge on any atom is 0.268 e. The van der Waals surface area contributed by atoms with Crippen LogP contribution in [0, 0.1) is 5.82 Å². The Kier molecular flexibility index (Phi) is 5.71. The van der Waals surface area contributed by atoms with Crippen molar-refractivity contribution in [1.82, 2.24) is 4.31 Å². The van der Waals surface area contributed by atoms with Gasteiger partial charge in [-0.05, 0) is 60.9 Å². The van der Waals surface area contributed by atoms with Gasteiger partial charge in [0.2, 0.25) is 10.0 Å². The second kappa shape index (κ2) is 7.89. The van der Waals surface area contributed by atoms with Gasteiger partial charge < -0.3 is 9.64 Å². The van der Waals surface area contributed by atoms with E-state index in [4.69, 9.17) is 4.74 Å². The molecule has 8 heteroatoms. The fraction of sp³-hybridized carbons (Fsp3) is 0.350. The van der Waals surface area contributed by atoms with Crippen molar-refractivity contribution in [2.75, 3.05) is 25.5 Å². The minimum atomic E-state index is -3.53. The zero-order chi connectivity index (χ0) is 20.5. The maximum absolute atomic E-state index is 13.1. The number of amides is 1. The molecule has 0 saturated carbocycles. The quantitative estimate of drug-likeness (QED) is 0.740. The Morgan fingerprint density at radius 3 is 2.50 bits per heavy atom. The van der Waals surface area contributed by atoms with E-state index in [9.17, 15) is 17.6 Å². The van der Waals surface area contributed by atoms with Crippen molar-refractivity contribution in [1.29, 1.82) is 0 Å². The molecule has 0 bridgehead atoms. The van der Waals surface area contributed by atoms with Gasteiger partial charge in [0.15, 0.2) is 6.10 Å². The molecule has 0 spiro atoms. The lowest BCUT2D eigenvalue weighted by Gasteiger charge is -2.24. The summed E-state index contributed by atoms with van der Waals surface area (Å²) in [6.45, 7) is 2.30. The van der Waals surface area contributed by atoms with Crippen LogP contribution in [0.1, 0.15) is 18.9 Å². The van der Waals surface area contributed by atoms with E-state index >= 15 is 0 Å². The van der Waals surface area contributed by atoms with E-state index in [0.717, 1.165) is 9.87 Å². The first-order valence-electron chi connectivity index (χ1n) is 9.03. The zero-order valence-electron chi connectivity index (χ0n) is 16.1. The van der Waals surface area contributed by atoms with Crippen molar-refractivity contribution in [3.05, 3.63) is 53.8 Å². The summed E-state index contributed by atoms with van der Waals surface area (Å²) in [5.74, 6) is -0.147. The van der Waals surface area contributed by atoms with E-state index in [1.54, 1.807) is 17.0 Å². The summed E-state index contributed by atoms with van der Waals surface area (Å²) in [7, 11) is -0.561. The van der Waals surface area contributed by atoms with Gasteiger partial charge in [0.1, 0.15) is 11.6 Å². The van der Waals surface area contributed by atoms with Gasteiger partial charge in [-0.15, -0.1) is 0 Å². The minimum Gasteiger partial charge on any atom is -0.481 e. The normalized spacial score (nSPS) is 14.8. The smallest absolute Gasteiger partial charge is 0.268 e. The average Bonchev–Trinajstić information content (AvgIpc) is 3.10.